The molecule has 3 rings (SSSR count). The van der Waals surface area contributed by atoms with Gasteiger partial charge < -0.3 is 0 Å². The van der Waals surface area contributed by atoms with Gasteiger partial charge in [-0.15, -0.1) is 11.3 Å². The van der Waals surface area contributed by atoms with Gasteiger partial charge in [0.1, 0.15) is 0 Å². The number of nitrogens with one attached hydrogen (secondary N) is 1. The molecule has 132 valence electrons. The first-order valence-corrected chi connectivity index (χ1v) is 9.55. The number of amides is 1. The first-order chi connectivity index (χ1) is 12.4. The number of hydrogen-bond acceptors (Lipinski definition) is 3. The summed E-state index contributed by atoms with van der Waals surface area (Å²) in [6.45, 7) is 1.95. The summed E-state index contributed by atoms with van der Waals surface area (Å²) < 4.78 is 0. The van der Waals surface area contributed by atoms with E-state index in [0.717, 1.165) is 21.7 Å². The fourth-order valence-corrected chi connectivity index (χ4v) is 3.62. The van der Waals surface area contributed by atoms with Crippen LogP contribution in [-0.4, -0.2) is 10.9 Å². The van der Waals surface area contributed by atoms with Crippen molar-refractivity contribution in [2.45, 2.75) is 6.92 Å². The second-order valence-corrected chi connectivity index (χ2v) is 7.88. The number of benzene rings is 2. The minimum atomic E-state index is -0.275. The van der Waals surface area contributed by atoms with E-state index in [-0.39, 0.29) is 5.91 Å². The molecule has 0 aliphatic heterocycles. The van der Waals surface area contributed by atoms with Crippen LogP contribution in [0, 0.1) is 6.92 Å². The van der Waals surface area contributed by atoms with Crippen LogP contribution in [0.3, 0.4) is 0 Å². The second-order valence-electron chi connectivity index (χ2n) is 5.43. The smallest absolute Gasteiger partial charge is 0.250 e. The highest BCUT2D eigenvalue weighted by Crippen LogP contribution is 2.31. The largest absolute Gasteiger partial charge is 0.298 e. The lowest BCUT2D eigenvalue weighted by atomic mass is 10.1. The Bertz CT molecular complexity index is 998. The molecule has 0 fully saturated rings. The maximum absolute atomic E-state index is 12.1. The van der Waals surface area contributed by atoms with Gasteiger partial charge in [0.05, 0.1) is 15.7 Å². The Balaban J connectivity index is 1.73. The quantitative estimate of drug-likeness (QED) is 0.473. The molecule has 3 aromatic rings. The highest BCUT2D eigenvalue weighted by Gasteiger charge is 2.11. The lowest BCUT2D eigenvalue weighted by molar-refractivity contribution is -0.111. The van der Waals surface area contributed by atoms with Crippen molar-refractivity contribution in [2.24, 2.45) is 0 Å². The van der Waals surface area contributed by atoms with Crippen LogP contribution in [0.4, 0.5) is 5.13 Å². The zero-order valence-electron chi connectivity index (χ0n) is 13.6. The molecule has 1 aromatic heterocycles. The van der Waals surface area contributed by atoms with E-state index in [1.54, 1.807) is 24.3 Å². The van der Waals surface area contributed by atoms with Crippen LogP contribution in [0.1, 0.15) is 10.4 Å². The molecule has 7 heteroatoms. The third-order valence-corrected chi connectivity index (χ3v) is 5.36. The summed E-state index contributed by atoms with van der Waals surface area (Å²) in [5.74, 6) is -0.275. The number of carbonyl (C=O) groups is 1. The maximum Gasteiger partial charge on any atom is 0.250 e. The van der Waals surface area contributed by atoms with Crippen molar-refractivity contribution in [3.05, 3.63) is 74.0 Å². The summed E-state index contributed by atoms with van der Waals surface area (Å²) in [6.07, 6.45) is 3.09. The van der Waals surface area contributed by atoms with Crippen LogP contribution in [0.2, 0.25) is 15.1 Å². The molecule has 0 radical (unpaired) electrons. The third kappa shape index (κ3) is 4.65. The van der Waals surface area contributed by atoms with Crippen molar-refractivity contribution in [1.82, 2.24) is 4.98 Å². The van der Waals surface area contributed by atoms with Gasteiger partial charge >= 0.3 is 0 Å². The Morgan fingerprint density at radius 2 is 1.92 bits per heavy atom. The zero-order chi connectivity index (χ0) is 18.7. The molecule has 0 aliphatic rings. The monoisotopic (exact) mass is 422 g/mol. The van der Waals surface area contributed by atoms with Crippen molar-refractivity contribution in [3.8, 4) is 11.3 Å². The Kier molecular flexibility index (Phi) is 5.99. The second kappa shape index (κ2) is 8.23. The van der Waals surface area contributed by atoms with Crippen molar-refractivity contribution >= 4 is 63.3 Å². The molecular formula is C19H13Cl3N2OS. The van der Waals surface area contributed by atoms with Crippen molar-refractivity contribution in [3.63, 3.8) is 0 Å². The van der Waals surface area contributed by atoms with Crippen LogP contribution >= 0.6 is 46.1 Å². The molecule has 2 aromatic carbocycles. The number of carbonyl (C=O) groups excluding carboxylic acids is 1. The average molecular weight is 424 g/mol. The van der Waals surface area contributed by atoms with E-state index in [2.05, 4.69) is 10.3 Å². The predicted molar refractivity (Wildman–Crippen MR) is 111 cm³/mol. The van der Waals surface area contributed by atoms with Crippen molar-refractivity contribution < 1.29 is 4.79 Å². The molecule has 0 saturated carbocycles. The minimum Gasteiger partial charge on any atom is -0.298 e. The number of thiazole rings is 1. The SMILES string of the molecule is Cc1sc(NC(=O)/C=C/c2ccc(Cl)c(Cl)c2)nc1-c1cccc(Cl)c1. The molecule has 0 saturated heterocycles. The topological polar surface area (TPSA) is 42.0 Å². The number of aryl methyl sites for hydroxylation is 1. The fourth-order valence-electron chi connectivity index (χ4n) is 2.29. The summed E-state index contributed by atoms with van der Waals surface area (Å²) >= 11 is 19.3. The van der Waals surface area contributed by atoms with Crippen molar-refractivity contribution in [1.29, 1.82) is 0 Å². The summed E-state index contributed by atoms with van der Waals surface area (Å²) in [5, 5.41) is 4.86. The van der Waals surface area contributed by atoms with Gasteiger partial charge in [0.15, 0.2) is 5.13 Å². The van der Waals surface area contributed by atoms with E-state index in [9.17, 15) is 4.79 Å². The molecule has 0 unspecified atom stereocenters. The van der Waals surface area contributed by atoms with Crippen molar-refractivity contribution in [2.75, 3.05) is 5.32 Å². The normalized spacial score (nSPS) is 11.1. The van der Waals surface area contributed by atoms with E-state index in [4.69, 9.17) is 34.8 Å². The Morgan fingerprint density at radius 3 is 2.65 bits per heavy atom. The van der Waals surface area contributed by atoms with Gasteiger partial charge in [0, 0.05) is 21.5 Å². The van der Waals surface area contributed by atoms with Crippen LogP contribution in [-0.2, 0) is 4.79 Å². The molecule has 26 heavy (non-hydrogen) atoms. The molecule has 0 atom stereocenters. The highest BCUT2D eigenvalue weighted by atomic mass is 35.5. The standard InChI is InChI=1S/C19H13Cl3N2OS/c1-11-18(13-3-2-4-14(20)10-13)24-19(26-11)23-17(25)8-6-12-5-7-15(21)16(22)9-12/h2-10H,1H3,(H,23,24,25)/b8-6+. The lowest BCUT2D eigenvalue weighted by Gasteiger charge is -1.99. The summed E-state index contributed by atoms with van der Waals surface area (Å²) in [6, 6.07) is 12.6. The fraction of sp³-hybridized carbons (Fsp3) is 0.0526. The van der Waals surface area contributed by atoms with E-state index < -0.39 is 0 Å². The van der Waals surface area contributed by atoms with Gasteiger partial charge in [0.2, 0.25) is 5.91 Å². The third-order valence-electron chi connectivity index (χ3n) is 3.50. The number of halogens is 3. The number of rotatable bonds is 4. The zero-order valence-corrected chi connectivity index (χ0v) is 16.7. The molecule has 1 amide bonds. The summed E-state index contributed by atoms with van der Waals surface area (Å²) in [7, 11) is 0. The van der Waals surface area contributed by atoms with Crippen LogP contribution in [0.25, 0.3) is 17.3 Å². The summed E-state index contributed by atoms with van der Waals surface area (Å²) in [5.41, 5.74) is 2.50. The summed E-state index contributed by atoms with van der Waals surface area (Å²) in [4.78, 5) is 17.6. The minimum absolute atomic E-state index is 0.275. The average Bonchev–Trinajstić information content (AvgIpc) is 2.96. The Morgan fingerprint density at radius 1 is 1.12 bits per heavy atom. The number of aromatic nitrogens is 1. The van der Waals surface area contributed by atoms with E-state index in [1.807, 2.05) is 31.2 Å². The molecule has 0 aliphatic carbocycles. The maximum atomic E-state index is 12.1. The van der Waals surface area contributed by atoms with Crippen LogP contribution < -0.4 is 5.32 Å². The van der Waals surface area contributed by atoms with Gasteiger partial charge in [-0.25, -0.2) is 4.98 Å². The van der Waals surface area contributed by atoms with Gasteiger partial charge in [0.25, 0.3) is 0 Å². The van der Waals surface area contributed by atoms with Crippen LogP contribution in [0.15, 0.2) is 48.5 Å². The first-order valence-electron chi connectivity index (χ1n) is 7.60. The molecule has 1 N–H and O–H groups in total. The van der Waals surface area contributed by atoms with Crippen LogP contribution in [0.5, 0.6) is 0 Å². The number of nitrogens with zero attached hydrogens (tertiary/aromatic N) is 1. The predicted octanol–water partition coefficient (Wildman–Crippen LogP) is 6.73. The lowest BCUT2D eigenvalue weighted by Crippen LogP contribution is -2.07. The molecule has 3 nitrogen and oxygen atoms in total. The Hall–Kier alpha value is -1.85. The number of anilines is 1. The van der Waals surface area contributed by atoms with Gasteiger partial charge in [-0.05, 0) is 42.8 Å². The molecular weight excluding hydrogens is 411 g/mol. The Labute approximate surface area is 170 Å². The van der Waals surface area contributed by atoms with E-state index in [1.165, 1.54) is 17.4 Å². The van der Waals surface area contributed by atoms with Gasteiger partial charge in [-0.2, -0.15) is 0 Å². The molecule has 0 bridgehead atoms. The number of hydrogen-bond donors (Lipinski definition) is 1. The molecule has 1 heterocycles. The first kappa shape index (κ1) is 18.9. The van der Waals surface area contributed by atoms with E-state index in [0.29, 0.717) is 20.2 Å². The van der Waals surface area contributed by atoms with Gasteiger partial charge in [-0.3, -0.25) is 10.1 Å². The van der Waals surface area contributed by atoms with Gasteiger partial charge in [-0.1, -0.05) is 53.0 Å². The highest BCUT2D eigenvalue weighted by molar-refractivity contribution is 7.16. The molecule has 0 spiro atoms. The van der Waals surface area contributed by atoms with E-state index >= 15 is 0 Å².